The van der Waals surface area contributed by atoms with E-state index in [1.54, 1.807) is 7.11 Å². The van der Waals surface area contributed by atoms with Gasteiger partial charge in [0.05, 0.1) is 12.7 Å². The van der Waals surface area contributed by atoms with Crippen molar-refractivity contribution in [3.8, 4) is 28.3 Å². The van der Waals surface area contributed by atoms with Crippen LogP contribution < -0.4 is 4.74 Å². The highest BCUT2D eigenvalue weighted by Crippen LogP contribution is 2.35. The zero-order chi connectivity index (χ0) is 14.7. The Morgan fingerprint density at radius 3 is 2.48 bits per heavy atom. The van der Waals surface area contributed by atoms with Crippen molar-refractivity contribution >= 4 is 6.29 Å². The van der Waals surface area contributed by atoms with Crippen molar-refractivity contribution in [2.45, 2.75) is 0 Å². The number of methoxy groups -OCH3 is 1. The molecule has 0 atom stereocenters. The smallest absolute Gasteiger partial charge is 0.178 e. The molecule has 1 aromatic heterocycles. The molecule has 0 aliphatic rings. The van der Waals surface area contributed by atoms with Gasteiger partial charge in [-0.2, -0.15) is 0 Å². The van der Waals surface area contributed by atoms with Gasteiger partial charge in [-0.3, -0.25) is 4.79 Å². The maximum Gasteiger partial charge on any atom is 0.178 e. The fraction of sp³-hybridized carbons (Fsp3) is 0.0588. The lowest BCUT2D eigenvalue weighted by atomic mass is 10.0. The molecule has 0 aliphatic carbocycles. The van der Waals surface area contributed by atoms with E-state index in [2.05, 4.69) is 5.16 Å². The molecule has 0 saturated heterocycles. The van der Waals surface area contributed by atoms with Crippen LogP contribution in [0.2, 0.25) is 0 Å². The molecule has 2 aromatic carbocycles. The van der Waals surface area contributed by atoms with Crippen LogP contribution in [0.25, 0.3) is 22.6 Å². The molecular weight excluding hydrogens is 266 g/mol. The minimum absolute atomic E-state index is 0.422. The molecule has 0 spiro atoms. The normalized spacial score (nSPS) is 10.3. The first-order chi connectivity index (χ1) is 10.3. The van der Waals surface area contributed by atoms with Gasteiger partial charge >= 0.3 is 0 Å². The average Bonchev–Trinajstić information content (AvgIpc) is 2.99. The summed E-state index contributed by atoms with van der Waals surface area (Å²) in [6.45, 7) is 0. The van der Waals surface area contributed by atoms with Crippen molar-refractivity contribution in [2.24, 2.45) is 0 Å². The Kier molecular flexibility index (Phi) is 3.51. The standard InChI is InChI=1S/C17H13NO3/c1-20-15-10-6-5-9-13(15)16-14(11-19)17(21-18-16)12-7-3-2-4-8-12/h2-11H,1H3. The molecule has 0 radical (unpaired) electrons. The molecule has 3 rings (SSSR count). The number of nitrogens with zero attached hydrogens (tertiary/aromatic N) is 1. The second kappa shape index (κ2) is 5.63. The molecule has 1 heterocycles. The average molecular weight is 279 g/mol. The van der Waals surface area contributed by atoms with E-state index in [0.29, 0.717) is 22.8 Å². The summed E-state index contributed by atoms with van der Waals surface area (Å²) in [7, 11) is 1.58. The molecule has 104 valence electrons. The molecule has 0 amide bonds. The summed E-state index contributed by atoms with van der Waals surface area (Å²) in [6, 6.07) is 16.8. The minimum Gasteiger partial charge on any atom is -0.496 e. The highest BCUT2D eigenvalue weighted by Gasteiger charge is 2.20. The van der Waals surface area contributed by atoms with Crippen LogP contribution in [0.5, 0.6) is 5.75 Å². The Morgan fingerprint density at radius 1 is 1.05 bits per heavy atom. The number of benzene rings is 2. The SMILES string of the molecule is COc1ccccc1-c1noc(-c2ccccc2)c1C=O. The van der Waals surface area contributed by atoms with Gasteiger partial charge in [0.1, 0.15) is 11.4 Å². The van der Waals surface area contributed by atoms with Gasteiger partial charge in [-0.1, -0.05) is 47.6 Å². The zero-order valence-electron chi connectivity index (χ0n) is 11.4. The fourth-order valence-electron chi connectivity index (χ4n) is 2.24. The Bertz CT molecular complexity index is 763. The van der Waals surface area contributed by atoms with E-state index in [0.717, 1.165) is 17.4 Å². The minimum atomic E-state index is 0.422. The summed E-state index contributed by atoms with van der Waals surface area (Å²) in [6.07, 6.45) is 0.764. The maximum atomic E-state index is 11.5. The Morgan fingerprint density at radius 2 is 1.76 bits per heavy atom. The quantitative estimate of drug-likeness (QED) is 0.681. The van der Waals surface area contributed by atoms with Gasteiger partial charge < -0.3 is 9.26 Å². The van der Waals surface area contributed by atoms with E-state index in [-0.39, 0.29) is 0 Å². The summed E-state index contributed by atoms with van der Waals surface area (Å²) >= 11 is 0. The first kappa shape index (κ1) is 13.1. The Balaban J connectivity index is 2.18. The van der Waals surface area contributed by atoms with Gasteiger partial charge in [0.2, 0.25) is 0 Å². The van der Waals surface area contributed by atoms with Gasteiger partial charge in [-0.15, -0.1) is 0 Å². The Hall–Kier alpha value is -2.88. The lowest BCUT2D eigenvalue weighted by Crippen LogP contribution is -1.91. The van der Waals surface area contributed by atoms with E-state index < -0.39 is 0 Å². The second-order valence-electron chi connectivity index (χ2n) is 4.46. The van der Waals surface area contributed by atoms with E-state index in [1.165, 1.54) is 0 Å². The molecule has 3 aromatic rings. The summed E-state index contributed by atoms with van der Waals surface area (Å²) in [5, 5.41) is 4.06. The zero-order valence-corrected chi connectivity index (χ0v) is 11.4. The molecule has 4 heteroatoms. The molecule has 4 nitrogen and oxygen atoms in total. The summed E-state index contributed by atoms with van der Waals surface area (Å²) in [5.41, 5.74) is 2.45. The Labute approximate surface area is 122 Å². The molecular formula is C17H13NO3. The lowest BCUT2D eigenvalue weighted by Gasteiger charge is -2.05. The maximum absolute atomic E-state index is 11.5. The number of aromatic nitrogens is 1. The van der Waals surface area contributed by atoms with Gasteiger partial charge in [0.15, 0.2) is 12.0 Å². The molecule has 0 bridgehead atoms. The third-order valence-electron chi connectivity index (χ3n) is 3.24. The molecule has 0 fully saturated rings. The highest BCUT2D eigenvalue weighted by atomic mass is 16.5. The number of carbonyl (C=O) groups excluding carboxylic acids is 1. The molecule has 0 saturated carbocycles. The van der Waals surface area contributed by atoms with Crippen LogP contribution in [-0.4, -0.2) is 18.6 Å². The van der Waals surface area contributed by atoms with Crippen molar-refractivity contribution in [1.29, 1.82) is 0 Å². The fourth-order valence-corrected chi connectivity index (χ4v) is 2.24. The number of carbonyl (C=O) groups is 1. The van der Waals surface area contributed by atoms with Gasteiger partial charge in [0.25, 0.3) is 0 Å². The molecule has 0 aliphatic heterocycles. The van der Waals surface area contributed by atoms with Crippen molar-refractivity contribution in [1.82, 2.24) is 5.16 Å². The number of rotatable bonds is 4. The first-order valence-electron chi connectivity index (χ1n) is 6.49. The van der Waals surface area contributed by atoms with E-state index in [4.69, 9.17) is 9.26 Å². The van der Waals surface area contributed by atoms with Crippen LogP contribution in [0.3, 0.4) is 0 Å². The van der Waals surface area contributed by atoms with E-state index in [1.807, 2.05) is 54.6 Å². The number of ether oxygens (including phenoxy) is 1. The number of hydrogen-bond donors (Lipinski definition) is 0. The van der Waals surface area contributed by atoms with Crippen LogP contribution in [-0.2, 0) is 0 Å². The second-order valence-corrected chi connectivity index (χ2v) is 4.46. The van der Waals surface area contributed by atoms with Crippen molar-refractivity contribution < 1.29 is 14.1 Å². The van der Waals surface area contributed by atoms with Crippen LogP contribution in [0.1, 0.15) is 10.4 Å². The van der Waals surface area contributed by atoms with E-state index >= 15 is 0 Å². The summed E-state index contributed by atoms with van der Waals surface area (Å²) in [4.78, 5) is 11.5. The number of para-hydroxylation sites is 1. The lowest BCUT2D eigenvalue weighted by molar-refractivity contribution is 0.112. The predicted molar refractivity (Wildman–Crippen MR) is 79.3 cm³/mol. The van der Waals surface area contributed by atoms with Gasteiger partial charge in [-0.25, -0.2) is 0 Å². The third-order valence-corrected chi connectivity index (χ3v) is 3.24. The summed E-state index contributed by atoms with van der Waals surface area (Å²) in [5.74, 6) is 1.11. The van der Waals surface area contributed by atoms with Crippen molar-refractivity contribution in [3.63, 3.8) is 0 Å². The predicted octanol–water partition coefficient (Wildman–Crippen LogP) is 3.83. The van der Waals surface area contributed by atoms with Crippen LogP contribution in [0, 0.1) is 0 Å². The van der Waals surface area contributed by atoms with E-state index in [9.17, 15) is 4.79 Å². The molecule has 0 N–H and O–H groups in total. The number of aldehydes is 1. The van der Waals surface area contributed by atoms with Crippen molar-refractivity contribution in [3.05, 3.63) is 60.2 Å². The van der Waals surface area contributed by atoms with Crippen LogP contribution >= 0.6 is 0 Å². The molecule has 21 heavy (non-hydrogen) atoms. The van der Waals surface area contributed by atoms with Crippen molar-refractivity contribution in [2.75, 3.05) is 7.11 Å². The molecule has 0 unspecified atom stereocenters. The van der Waals surface area contributed by atoms with Crippen LogP contribution in [0.4, 0.5) is 0 Å². The largest absolute Gasteiger partial charge is 0.496 e. The monoisotopic (exact) mass is 279 g/mol. The van der Waals surface area contributed by atoms with Gasteiger partial charge in [0, 0.05) is 11.1 Å². The first-order valence-corrected chi connectivity index (χ1v) is 6.49. The van der Waals surface area contributed by atoms with Gasteiger partial charge in [-0.05, 0) is 12.1 Å². The topological polar surface area (TPSA) is 52.3 Å². The van der Waals surface area contributed by atoms with Crippen LogP contribution in [0.15, 0.2) is 59.1 Å². The highest BCUT2D eigenvalue weighted by molar-refractivity contribution is 5.94. The summed E-state index contributed by atoms with van der Waals surface area (Å²) < 4.78 is 10.7. The third kappa shape index (κ3) is 2.31. The number of hydrogen-bond acceptors (Lipinski definition) is 4.